The Balaban J connectivity index is 2.92. The van der Waals surface area contributed by atoms with E-state index < -0.39 is 5.41 Å². The molecule has 0 spiro atoms. The van der Waals surface area contributed by atoms with Crippen LogP contribution in [-0.2, 0) is 16.1 Å². The Labute approximate surface area is 122 Å². The average molecular weight is 307 g/mol. The molecule has 1 N–H and O–H groups in total. The van der Waals surface area contributed by atoms with E-state index in [1.165, 1.54) is 13.2 Å². The standard InChI is InChI=1S/C13H16Cl2O4/c1-13(2,12(17)18-3)7-19-11-8(6-16)4-9(14)5-10(11)15/h4-5,16H,6-7H2,1-3H3. The number of aliphatic hydroxyl groups is 1. The van der Waals surface area contributed by atoms with Gasteiger partial charge in [-0.2, -0.15) is 0 Å². The lowest BCUT2D eigenvalue weighted by atomic mass is 9.95. The molecule has 1 aromatic carbocycles. The molecule has 0 fully saturated rings. The van der Waals surface area contributed by atoms with E-state index >= 15 is 0 Å². The van der Waals surface area contributed by atoms with Gasteiger partial charge in [0.2, 0.25) is 0 Å². The van der Waals surface area contributed by atoms with E-state index in [0.29, 0.717) is 16.3 Å². The van der Waals surface area contributed by atoms with Crippen LogP contribution < -0.4 is 4.74 Å². The second-order valence-electron chi connectivity index (χ2n) is 4.70. The molecule has 0 aliphatic rings. The minimum absolute atomic E-state index is 0.0774. The first-order valence-electron chi connectivity index (χ1n) is 5.62. The molecule has 0 saturated carbocycles. The zero-order valence-corrected chi connectivity index (χ0v) is 12.5. The zero-order valence-electron chi connectivity index (χ0n) is 11.0. The summed E-state index contributed by atoms with van der Waals surface area (Å²) in [6.07, 6.45) is 0. The first-order valence-corrected chi connectivity index (χ1v) is 6.37. The van der Waals surface area contributed by atoms with Gasteiger partial charge in [0.15, 0.2) is 0 Å². The number of benzene rings is 1. The van der Waals surface area contributed by atoms with E-state index in [9.17, 15) is 9.90 Å². The van der Waals surface area contributed by atoms with Crippen molar-refractivity contribution in [3.63, 3.8) is 0 Å². The number of carbonyl (C=O) groups excluding carboxylic acids is 1. The van der Waals surface area contributed by atoms with Gasteiger partial charge in [0.25, 0.3) is 0 Å². The Morgan fingerprint density at radius 1 is 1.37 bits per heavy atom. The normalized spacial score (nSPS) is 11.3. The lowest BCUT2D eigenvalue weighted by molar-refractivity contribution is -0.152. The first-order chi connectivity index (χ1) is 8.81. The predicted octanol–water partition coefficient (Wildman–Crippen LogP) is 3.06. The Kier molecular flexibility index (Phi) is 5.47. The van der Waals surface area contributed by atoms with Gasteiger partial charge < -0.3 is 14.6 Å². The number of hydrogen-bond donors (Lipinski definition) is 1. The summed E-state index contributed by atoms with van der Waals surface area (Å²) in [5.74, 6) is -0.0614. The van der Waals surface area contributed by atoms with Crippen LogP contribution in [0.1, 0.15) is 19.4 Å². The van der Waals surface area contributed by atoms with Gasteiger partial charge in [-0.05, 0) is 26.0 Å². The van der Waals surface area contributed by atoms with Gasteiger partial charge in [-0.15, -0.1) is 0 Å². The van der Waals surface area contributed by atoms with Gasteiger partial charge in [-0.3, -0.25) is 4.79 Å². The van der Waals surface area contributed by atoms with Gasteiger partial charge in [0.1, 0.15) is 12.4 Å². The van der Waals surface area contributed by atoms with Crippen LogP contribution in [0.5, 0.6) is 5.75 Å². The SMILES string of the molecule is COC(=O)C(C)(C)COc1c(Cl)cc(Cl)cc1CO. The highest BCUT2D eigenvalue weighted by molar-refractivity contribution is 6.35. The number of rotatable bonds is 5. The van der Waals surface area contributed by atoms with Crippen molar-refractivity contribution in [2.45, 2.75) is 20.5 Å². The van der Waals surface area contributed by atoms with Crippen LogP contribution in [0.15, 0.2) is 12.1 Å². The van der Waals surface area contributed by atoms with Crippen LogP contribution in [0.3, 0.4) is 0 Å². The molecule has 0 heterocycles. The van der Waals surface area contributed by atoms with E-state index in [1.54, 1.807) is 19.9 Å². The third kappa shape index (κ3) is 4.00. The van der Waals surface area contributed by atoms with E-state index in [1.807, 2.05) is 0 Å². The fourth-order valence-electron chi connectivity index (χ4n) is 1.48. The molecule has 4 nitrogen and oxygen atoms in total. The Morgan fingerprint density at radius 3 is 2.53 bits per heavy atom. The Bertz CT molecular complexity index is 472. The van der Waals surface area contributed by atoms with E-state index in [-0.39, 0.29) is 24.2 Å². The average Bonchev–Trinajstić information content (AvgIpc) is 2.35. The molecule has 0 aliphatic heterocycles. The summed E-state index contributed by atoms with van der Waals surface area (Å²) < 4.78 is 10.2. The Hall–Kier alpha value is -0.970. The number of aliphatic hydroxyl groups excluding tert-OH is 1. The molecule has 0 aromatic heterocycles. The lowest BCUT2D eigenvalue weighted by Crippen LogP contribution is -2.32. The van der Waals surface area contributed by atoms with Crippen molar-refractivity contribution in [3.8, 4) is 5.75 Å². The van der Waals surface area contributed by atoms with Crippen molar-refractivity contribution in [3.05, 3.63) is 27.7 Å². The summed E-state index contributed by atoms with van der Waals surface area (Å²) in [4.78, 5) is 11.5. The Morgan fingerprint density at radius 2 is 2.00 bits per heavy atom. The molecular formula is C13H16Cl2O4. The van der Waals surface area contributed by atoms with Crippen LogP contribution in [0.4, 0.5) is 0 Å². The van der Waals surface area contributed by atoms with Gasteiger partial charge in [-0.25, -0.2) is 0 Å². The molecule has 0 unspecified atom stereocenters. The van der Waals surface area contributed by atoms with Crippen LogP contribution in [0.25, 0.3) is 0 Å². The smallest absolute Gasteiger partial charge is 0.314 e. The number of ether oxygens (including phenoxy) is 2. The van der Waals surface area contributed by atoms with Crippen LogP contribution in [-0.4, -0.2) is 24.8 Å². The second kappa shape index (κ2) is 6.46. The lowest BCUT2D eigenvalue weighted by Gasteiger charge is -2.23. The highest BCUT2D eigenvalue weighted by atomic mass is 35.5. The zero-order chi connectivity index (χ0) is 14.6. The predicted molar refractivity (Wildman–Crippen MR) is 73.7 cm³/mol. The summed E-state index contributed by atoms with van der Waals surface area (Å²) >= 11 is 11.9. The van der Waals surface area contributed by atoms with Crippen molar-refractivity contribution in [1.82, 2.24) is 0 Å². The van der Waals surface area contributed by atoms with Crippen molar-refractivity contribution < 1.29 is 19.4 Å². The third-order valence-electron chi connectivity index (χ3n) is 2.57. The number of carbonyl (C=O) groups is 1. The topological polar surface area (TPSA) is 55.8 Å². The summed E-state index contributed by atoms with van der Waals surface area (Å²) in [7, 11) is 1.32. The van der Waals surface area contributed by atoms with Crippen LogP contribution >= 0.6 is 23.2 Å². The van der Waals surface area contributed by atoms with Gasteiger partial charge >= 0.3 is 5.97 Å². The fraction of sp³-hybridized carbons (Fsp3) is 0.462. The molecule has 0 atom stereocenters. The van der Waals surface area contributed by atoms with Gasteiger partial charge in [0.05, 0.1) is 24.2 Å². The largest absolute Gasteiger partial charge is 0.490 e. The molecule has 0 aliphatic carbocycles. The highest BCUT2D eigenvalue weighted by Crippen LogP contribution is 2.33. The monoisotopic (exact) mass is 306 g/mol. The summed E-state index contributed by atoms with van der Waals surface area (Å²) in [6.45, 7) is 3.21. The number of methoxy groups -OCH3 is 1. The maximum atomic E-state index is 11.5. The fourth-order valence-corrected chi connectivity index (χ4v) is 2.07. The van der Waals surface area contributed by atoms with Gasteiger partial charge in [-0.1, -0.05) is 23.2 Å². The quantitative estimate of drug-likeness (QED) is 0.849. The molecule has 106 valence electrons. The third-order valence-corrected chi connectivity index (χ3v) is 3.07. The minimum Gasteiger partial charge on any atom is -0.490 e. The van der Waals surface area contributed by atoms with E-state index in [0.717, 1.165) is 0 Å². The highest BCUT2D eigenvalue weighted by Gasteiger charge is 2.30. The first kappa shape index (κ1) is 16.1. The molecule has 0 amide bonds. The van der Waals surface area contributed by atoms with Crippen molar-refractivity contribution in [2.24, 2.45) is 5.41 Å². The van der Waals surface area contributed by atoms with E-state index in [4.69, 9.17) is 27.9 Å². The molecule has 1 aromatic rings. The number of esters is 1. The molecular weight excluding hydrogens is 291 g/mol. The van der Waals surface area contributed by atoms with Crippen LogP contribution in [0.2, 0.25) is 10.0 Å². The van der Waals surface area contributed by atoms with E-state index in [2.05, 4.69) is 4.74 Å². The van der Waals surface area contributed by atoms with Crippen molar-refractivity contribution in [2.75, 3.05) is 13.7 Å². The molecule has 6 heteroatoms. The summed E-state index contributed by atoms with van der Waals surface area (Å²) in [5, 5.41) is 9.96. The molecule has 0 radical (unpaired) electrons. The number of halogens is 2. The molecule has 0 bridgehead atoms. The molecule has 19 heavy (non-hydrogen) atoms. The van der Waals surface area contributed by atoms with Crippen molar-refractivity contribution >= 4 is 29.2 Å². The summed E-state index contributed by atoms with van der Waals surface area (Å²) in [6, 6.07) is 3.08. The van der Waals surface area contributed by atoms with Crippen molar-refractivity contribution in [1.29, 1.82) is 0 Å². The minimum atomic E-state index is -0.815. The molecule has 1 rings (SSSR count). The second-order valence-corrected chi connectivity index (χ2v) is 5.54. The van der Waals surface area contributed by atoms with Gasteiger partial charge in [0, 0.05) is 10.6 Å². The number of hydrogen-bond acceptors (Lipinski definition) is 4. The maximum Gasteiger partial charge on any atom is 0.314 e. The van der Waals surface area contributed by atoms with Crippen LogP contribution in [0, 0.1) is 5.41 Å². The summed E-state index contributed by atoms with van der Waals surface area (Å²) in [5.41, 5.74) is -0.345. The maximum absolute atomic E-state index is 11.5. The molecule has 0 saturated heterocycles.